The van der Waals surface area contributed by atoms with Crippen molar-refractivity contribution in [3.8, 4) is 6.07 Å². The van der Waals surface area contributed by atoms with Crippen LogP contribution < -0.4 is 11.1 Å². The molecule has 9 heteroatoms. The second-order valence-electron chi connectivity index (χ2n) is 11.6. The third-order valence-corrected chi connectivity index (χ3v) is 10.0. The highest BCUT2D eigenvalue weighted by Gasteiger charge is 2.51. The number of nitrogens with zero attached hydrogens (tertiary/aromatic N) is 5. The molecule has 3 aliphatic heterocycles. The maximum absolute atomic E-state index is 9.35. The first-order valence-electron chi connectivity index (χ1n) is 13.6. The van der Waals surface area contributed by atoms with Crippen molar-refractivity contribution in [3.05, 3.63) is 75.8 Å². The highest BCUT2D eigenvalue weighted by atomic mass is 32.2. The van der Waals surface area contributed by atoms with Crippen LogP contribution >= 0.6 is 11.8 Å². The number of thioether (sulfide) groups is 1. The Hall–Kier alpha value is -3.32. The van der Waals surface area contributed by atoms with Crippen LogP contribution in [0.1, 0.15) is 54.9 Å². The Kier molecular flexibility index (Phi) is 5.78. The molecule has 2 fully saturated rings. The molecule has 3 aromatic rings. The van der Waals surface area contributed by atoms with E-state index in [1.165, 1.54) is 5.56 Å². The van der Waals surface area contributed by atoms with Gasteiger partial charge in [0.2, 0.25) is 0 Å². The second-order valence-corrected chi connectivity index (χ2v) is 12.6. The Morgan fingerprint density at radius 3 is 2.92 bits per heavy atom. The third-order valence-electron chi connectivity index (χ3n) is 8.88. The number of likely N-dealkylation sites (tertiary alicyclic amines) is 1. The number of nitriles is 1. The fraction of sp³-hybridized carbons (Fsp3) is 0.433. The van der Waals surface area contributed by atoms with E-state index in [1.807, 2.05) is 30.3 Å². The summed E-state index contributed by atoms with van der Waals surface area (Å²) in [4.78, 5) is 7.20. The summed E-state index contributed by atoms with van der Waals surface area (Å²) < 4.78 is 8.56. The lowest BCUT2D eigenvalue weighted by Gasteiger charge is -2.29. The number of rotatable bonds is 6. The number of nitrogens with one attached hydrogen (secondary N) is 1. The fourth-order valence-corrected chi connectivity index (χ4v) is 7.60. The predicted octanol–water partition coefficient (Wildman–Crippen LogP) is 4.34. The van der Waals surface area contributed by atoms with Crippen LogP contribution in [-0.2, 0) is 24.0 Å². The first-order chi connectivity index (χ1) is 18.9. The Labute approximate surface area is 232 Å². The number of hydrogen-bond donors (Lipinski definition) is 2. The lowest BCUT2D eigenvalue weighted by molar-refractivity contribution is -0.0305. The zero-order valence-electron chi connectivity index (χ0n) is 22.4. The van der Waals surface area contributed by atoms with Crippen LogP contribution in [0.15, 0.2) is 53.6 Å². The van der Waals surface area contributed by atoms with Gasteiger partial charge in [-0.25, -0.2) is 0 Å². The monoisotopic (exact) mass is 539 g/mol. The Morgan fingerprint density at radius 2 is 2.15 bits per heavy atom. The Bertz CT molecular complexity index is 1580. The average Bonchev–Trinajstić information content (AvgIpc) is 3.31. The van der Waals surface area contributed by atoms with Crippen molar-refractivity contribution in [2.75, 3.05) is 19.6 Å². The van der Waals surface area contributed by atoms with Crippen LogP contribution in [0.4, 0.5) is 0 Å². The highest BCUT2D eigenvalue weighted by molar-refractivity contribution is 8.03. The number of fused-ring (bicyclic) bond motifs is 3. The first kappa shape index (κ1) is 24.7. The van der Waals surface area contributed by atoms with Crippen LogP contribution in [0.3, 0.4) is 0 Å². The summed E-state index contributed by atoms with van der Waals surface area (Å²) in [6, 6.07) is 8.87. The quantitative estimate of drug-likeness (QED) is 0.477. The summed E-state index contributed by atoms with van der Waals surface area (Å²) in [5, 5.41) is 20.5. The van der Waals surface area contributed by atoms with Gasteiger partial charge < -0.3 is 15.8 Å². The third kappa shape index (κ3) is 4.13. The largest absolute Gasteiger partial charge is 0.399 e. The lowest BCUT2D eigenvalue weighted by atomic mass is 9.83. The van der Waals surface area contributed by atoms with Gasteiger partial charge in [-0.3, -0.25) is 14.6 Å². The van der Waals surface area contributed by atoms with Crippen molar-refractivity contribution in [2.24, 2.45) is 18.2 Å². The van der Waals surface area contributed by atoms with Crippen molar-refractivity contribution in [1.29, 1.82) is 5.26 Å². The van der Waals surface area contributed by atoms with E-state index in [0.29, 0.717) is 13.0 Å². The molecule has 3 N–H and O–H groups in total. The number of allylic oxidation sites excluding steroid dienone is 1. The number of aryl methyl sites for hydroxylation is 1. The van der Waals surface area contributed by atoms with E-state index >= 15 is 0 Å². The van der Waals surface area contributed by atoms with Crippen LogP contribution in [-0.4, -0.2) is 44.7 Å². The molecule has 7 rings (SSSR count). The maximum Gasteiger partial charge on any atom is 0.117 e. The minimum Gasteiger partial charge on any atom is -0.399 e. The van der Waals surface area contributed by atoms with E-state index in [2.05, 4.69) is 56.9 Å². The number of benzene rings is 1. The first-order valence-corrected chi connectivity index (χ1v) is 14.6. The number of hydrogen-bond acceptors (Lipinski definition) is 8. The summed E-state index contributed by atoms with van der Waals surface area (Å²) in [6.07, 6.45) is 9.70. The summed E-state index contributed by atoms with van der Waals surface area (Å²) in [6.45, 7) is 5.39. The molecule has 8 nitrogen and oxygen atoms in total. The molecule has 0 amide bonds. The SMILES string of the molecule is CC1=CSC(/C(N)=C(\c2ccc3c(cnn3C)c2)c2cncc3c2C2(CCN(CC4(CC#N)CC4)C2)OC3)N1. The number of ether oxygens (including phenoxy) is 1. The second kappa shape index (κ2) is 9.12. The molecule has 1 saturated heterocycles. The number of nitrogens with two attached hydrogens (primary N) is 1. The minimum atomic E-state index is -0.398. The maximum atomic E-state index is 9.35. The van der Waals surface area contributed by atoms with Crippen LogP contribution in [0.2, 0.25) is 0 Å². The van der Waals surface area contributed by atoms with Crippen molar-refractivity contribution in [2.45, 2.75) is 50.2 Å². The molecule has 0 radical (unpaired) electrons. The zero-order chi connectivity index (χ0) is 26.8. The molecular formula is C30H33N7OS. The van der Waals surface area contributed by atoms with Crippen molar-refractivity contribution < 1.29 is 4.74 Å². The van der Waals surface area contributed by atoms with Gasteiger partial charge in [0.15, 0.2) is 0 Å². The fourth-order valence-electron chi connectivity index (χ4n) is 6.68. The summed E-state index contributed by atoms with van der Waals surface area (Å²) in [5.41, 5.74) is 15.3. The van der Waals surface area contributed by atoms with Gasteiger partial charge in [-0.1, -0.05) is 6.07 Å². The molecule has 2 aromatic heterocycles. The normalized spacial score (nSPS) is 25.9. The number of pyridine rings is 1. The highest BCUT2D eigenvalue weighted by Crippen LogP contribution is 2.52. The molecule has 5 heterocycles. The topological polar surface area (TPSA) is 105 Å². The Morgan fingerprint density at radius 1 is 1.28 bits per heavy atom. The molecule has 1 saturated carbocycles. The molecule has 4 aliphatic rings. The lowest BCUT2D eigenvalue weighted by Crippen LogP contribution is -2.34. The standard InChI is InChI=1S/C30H33N7OS/c1-19-16-39-28(35-19)27(32)25(20-3-4-24-21(11-20)13-34-36(24)2)23-14-33-12-22-15-38-30(26(22)23)8-10-37(18-30)17-29(5-6-29)7-9-31/h3-4,11-14,16,28,35H,5-8,10,15,17-18,32H2,1-2H3/b27-25-. The van der Waals surface area contributed by atoms with Crippen LogP contribution in [0.5, 0.6) is 0 Å². The smallest absolute Gasteiger partial charge is 0.117 e. The van der Waals surface area contributed by atoms with E-state index in [4.69, 9.17) is 10.5 Å². The van der Waals surface area contributed by atoms with Gasteiger partial charge in [-0.15, -0.1) is 11.8 Å². The zero-order valence-corrected chi connectivity index (χ0v) is 23.2. The summed E-state index contributed by atoms with van der Waals surface area (Å²) in [7, 11) is 1.96. The molecule has 200 valence electrons. The molecule has 1 aliphatic carbocycles. The molecule has 39 heavy (non-hydrogen) atoms. The minimum absolute atomic E-state index is 0.0560. The van der Waals surface area contributed by atoms with Gasteiger partial charge >= 0.3 is 0 Å². The summed E-state index contributed by atoms with van der Waals surface area (Å²) >= 11 is 1.70. The van der Waals surface area contributed by atoms with Gasteiger partial charge in [0.25, 0.3) is 0 Å². The van der Waals surface area contributed by atoms with Gasteiger partial charge in [-0.2, -0.15) is 10.4 Å². The molecule has 1 spiro atoms. The van der Waals surface area contributed by atoms with E-state index < -0.39 is 5.60 Å². The van der Waals surface area contributed by atoms with Gasteiger partial charge in [-0.05, 0) is 54.7 Å². The number of aromatic nitrogens is 3. The Balaban J connectivity index is 1.33. The molecule has 2 atom stereocenters. The van der Waals surface area contributed by atoms with E-state index in [9.17, 15) is 5.26 Å². The van der Waals surface area contributed by atoms with E-state index in [1.54, 1.807) is 11.8 Å². The molecule has 0 bridgehead atoms. The summed E-state index contributed by atoms with van der Waals surface area (Å²) in [5.74, 6) is 0. The molecule has 1 aromatic carbocycles. The van der Waals surface area contributed by atoms with E-state index in [0.717, 1.165) is 83.5 Å². The molecule has 2 unspecified atom stereocenters. The van der Waals surface area contributed by atoms with Crippen LogP contribution in [0, 0.1) is 16.7 Å². The van der Waals surface area contributed by atoms with Gasteiger partial charge in [0.05, 0.1) is 30.1 Å². The van der Waals surface area contributed by atoms with Crippen molar-refractivity contribution >= 4 is 28.2 Å². The predicted molar refractivity (Wildman–Crippen MR) is 153 cm³/mol. The van der Waals surface area contributed by atoms with Crippen LogP contribution in [0.25, 0.3) is 16.5 Å². The van der Waals surface area contributed by atoms with Gasteiger partial charge in [0.1, 0.15) is 11.0 Å². The van der Waals surface area contributed by atoms with E-state index in [-0.39, 0.29) is 10.8 Å². The average molecular weight is 540 g/mol. The van der Waals surface area contributed by atoms with Crippen molar-refractivity contribution in [3.63, 3.8) is 0 Å². The van der Waals surface area contributed by atoms with Crippen molar-refractivity contribution in [1.82, 2.24) is 25.0 Å². The van der Waals surface area contributed by atoms with Gasteiger partial charge in [0, 0.05) is 78.8 Å². The molecular weight excluding hydrogens is 506 g/mol.